The summed E-state index contributed by atoms with van der Waals surface area (Å²) in [5.74, 6) is -0.912. The highest BCUT2D eigenvalue weighted by Crippen LogP contribution is 2.15. The molecule has 0 aliphatic carbocycles. The van der Waals surface area contributed by atoms with Crippen LogP contribution in [0.1, 0.15) is 284 Å². The Bertz CT molecular complexity index is 1350. The molecule has 6 heteroatoms. The summed E-state index contributed by atoms with van der Waals surface area (Å²) < 4.78 is 16.9. The van der Waals surface area contributed by atoms with E-state index in [-0.39, 0.29) is 31.1 Å². The Morgan fingerprint density at radius 3 is 0.886 bits per heavy atom. The van der Waals surface area contributed by atoms with Crippen LogP contribution in [0.2, 0.25) is 0 Å². The third-order valence-corrected chi connectivity index (χ3v) is 12.6. The minimum atomic E-state index is -0.790. The van der Waals surface area contributed by atoms with Gasteiger partial charge in [0.2, 0.25) is 0 Å². The van der Waals surface area contributed by atoms with Crippen molar-refractivity contribution in [2.24, 2.45) is 0 Å². The molecule has 0 radical (unpaired) electrons. The quantitative estimate of drug-likeness (QED) is 0.0261. The lowest BCUT2D eigenvalue weighted by Crippen LogP contribution is -2.30. The first kappa shape index (κ1) is 66.6. The second-order valence-corrected chi connectivity index (χ2v) is 19.5. The van der Waals surface area contributed by atoms with Crippen molar-refractivity contribution in [1.82, 2.24) is 0 Å². The fourth-order valence-electron chi connectivity index (χ4n) is 8.21. The molecular formula is C64H110O6. The number of carbonyl (C=O) groups is 3. The summed E-state index contributed by atoms with van der Waals surface area (Å²) in [5, 5.41) is 0. The number of rotatable bonds is 53. The number of carbonyl (C=O) groups excluding carboxylic acids is 3. The van der Waals surface area contributed by atoms with Crippen molar-refractivity contribution in [3.63, 3.8) is 0 Å². The molecule has 0 spiro atoms. The third kappa shape index (κ3) is 55.5. The summed E-state index contributed by atoms with van der Waals surface area (Å²) in [5.41, 5.74) is 0. The summed E-state index contributed by atoms with van der Waals surface area (Å²) in [7, 11) is 0. The first-order valence-corrected chi connectivity index (χ1v) is 29.6. The van der Waals surface area contributed by atoms with Crippen molar-refractivity contribution in [3.05, 3.63) is 85.1 Å². The van der Waals surface area contributed by atoms with Gasteiger partial charge in [0.15, 0.2) is 6.10 Å². The Kier molecular flexibility index (Phi) is 55.3. The molecule has 0 N–H and O–H groups in total. The van der Waals surface area contributed by atoms with Crippen LogP contribution in [0.15, 0.2) is 85.1 Å². The lowest BCUT2D eigenvalue weighted by Gasteiger charge is -2.18. The zero-order valence-electron chi connectivity index (χ0n) is 46.0. The Labute approximate surface area is 433 Å². The maximum absolute atomic E-state index is 12.9. The van der Waals surface area contributed by atoms with Crippen LogP contribution in [0.25, 0.3) is 0 Å². The van der Waals surface area contributed by atoms with E-state index >= 15 is 0 Å². The van der Waals surface area contributed by atoms with Gasteiger partial charge in [-0.2, -0.15) is 0 Å². The SMILES string of the molecule is CC/C=C\C/C=C\C/C=C\C/C=C\C/C=C\C/C=C\CCCCCCC(=O)OCC(COC(=O)CCCCCCCCCCCCCCCC)OC(=O)CCCCCCC/C=C\CCCCCCCC. The van der Waals surface area contributed by atoms with E-state index in [4.69, 9.17) is 14.2 Å². The van der Waals surface area contributed by atoms with Crippen LogP contribution >= 0.6 is 0 Å². The summed E-state index contributed by atoms with van der Waals surface area (Å²) in [6.07, 6.45) is 75.7. The van der Waals surface area contributed by atoms with E-state index in [1.54, 1.807) is 0 Å². The van der Waals surface area contributed by atoms with E-state index in [1.807, 2.05) is 0 Å². The van der Waals surface area contributed by atoms with Crippen molar-refractivity contribution in [2.75, 3.05) is 13.2 Å². The normalized spacial score (nSPS) is 12.7. The first-order valence-electron chi connectivity index (χ1n) is 29.6. The van der Waals surface area contributed by atoms with E-state index in [2.05, 4.69) is 106 Å². The highest BCUT2D eigenvalue weighted by atomic mass is 16.6. The second-order valence-electron chi connectivity index (χ2n) is 19.5. The number of hydrogen-bond donors (Lipinski definition) is 0. The zero-order valence-corrected chi connectivity index (χ0v) is 46.0. The maximum Gasteiger partial charge on any atom is 0.306 e. The van der Waals surface area contributed by atoms with E-state index in [0.29, 0.717) is 19.3 Å². The van der Waals surface area contributed by atoms with Crippen LogP contribution in [0.3, 0.4) is 0 Å². The van der Waals surface area contributed by atoms with Gasteiger partial charge >= 0.3 is 17.9 Å². The van der Waals surface area contributed by atoms with Crippen LogP contribution in [0, 0.1) is 0 Å². The molecule has 0 aliphatic heterocycles. The smallest absolute Gasteiger partial charge is 0.306 e. The summed E-state index contributed by atoms with van der Waals surface area (Å²) >= 11 is 0. The molecule has 0 aromatic heterocycles. The van der Waals surface area contributed by atoms with Crippen molar-refractivity contribution >= 4 is 17.9 Å². The molecule has 0 aromatic carbocycles. The van der Waals surface area contributed by atoms with Gasteiger partial charge in [0.25, 0.3) is 0 Å². The molecule has 402 valence electrons. The maximum atomic E-state index is 12.9. The highest BCUT2D eigenvalue weighted by molar-refractivity contribution is 5.71. The summed E-state index contributed by atoms with van der Waals surface area (Å²) in [6, 6.07) is 0. The number of unbranched alkanes of at least 4 members (excludes halogenated alkanes) is 28. The van der Waals surface area contributed by atoms with E-state index in [9.17, 15) is 14.4 Å². The summed E-state index contributed by atoms with van der Waals surface area (Å²) in [4.78, 5) is 38.2. The van der Waals surface area contributed by atoms with Crippen molar-refractivity contribution in [1.29, 1.82) is 0 Å². The minimum absolute atomic E-state index is 0.0859. The van der Waals surface area contributed by atoms with E-state index < -0.39 is 6.10 Å². The fourth-order valence-corrected chi connectivity index (χ4v) is 8.21. The van der Waals surface area contributed by atoms with Gasteiger partial charge in [-0.05, 0) is 96.3 Å². The molecule has 0 bridgehead atoms. The predicted octanol–water partition coefficient (Wildman–Crippen LogP) is 19.9. The van der Waals surface area contributed by atoms with Gasteiger partial charge in [0, 0.05) is 19.3 Å². The van der Waals surface area contributed by atoms with Gasteiger partial charge in [0.05, 0.1) is 0 Å². The van der Waals surface area contributed by atoms with Crippen LogP contribution < -0.4 is 0 Å². The average molecular weight is 976 g/mol. The van der Waals surface area contributed by atoms with Crippen LogP contribution in [-0.4, -0.2) is 37.2 Å². The molecule has 0 amide bonds. The van der Waals surface area contributed by atoms with Crippen LogP contribution in [0.4, 0.5) is 0 Å². The number of ether oxygens (including phenoxy) is 3. The number of esters is 3. The molecule has 0 rings (SSSR count). The monoisotopic (exact) mass is 975 g/mol. The molecule has 0 saturated carbocycles. The Balaban J connectivity index is 4.41. The molecule has 1 unspecified atom stereocenters. The highest BCUT2D eigenvalue weighted by Gasteiger charge is 2.19. The predicted molar refractivity (Wildman–Crippen MR) is 302 cm³/mol. The topological polar surface area (TPSA) is 78.9 Å². The lowest BCUT2D eigenvalue weighted by molar-refractivity contribution is -0.167. The molecule has 0 aliphatic rings. The number of allylic oxidation sites excluding steroid dienone is 14. The molecule has 0 fully saturated rings. The van der Waals surface area contributed by atoms with Gasteiger partial charge < -0.3 is 14.2 Å². The van der Waals surface area contributed by atoms with Crippen molar-refractivity contribution < 1.29 is 28.6 Å². The van der Waals surface area contributed by atoms with Gasteiger partial charge in [-0.3, -0.25) is 14.4 Å². The molecule has 1 atom stereocenters. The Morgan fingerprint density at radius 2 is 0.557 bits per heavy atom. The third-order valence-electron chi connectivity index (χ3n) is 12.6. The summed E-state index contributed by atoms with van der Waals surface area (Å²) in [6.45, 7) is 6.51. The van der Waals surface area contributed by atoms with Gasteiger partial charge in [0.1, 0.15) is 13.2 Å². The molecule has 0 aromatic rings. The van der Waals surface area contributed by atoms with Gasteiger partial charge in [-0.1, -0.05) is 254 Å². The zero-order chi connectivity index (χ0) is 50.7. The molecule has 6 nitrogen and oxygen atoms in total. The first-order chi connectivity index (χ1) is 34.5. The average Bonchev–Trinajstić information content (AvgIpc) is 3.36. The molecule has 70 heavy (non-hydrogen) atoms. The van der Waals surface area contributed by atoms with Crippen molar-refractivity contribution in [2.45, 2.75) is 290 Å². The molecular weight excluding hydrogens is 865 g/mol. The molecule has 0 heterocycles. The Hall–Kier alpha value is -3.41. The minimum Gasteiger partial charge on any atom is -0.462 e. The van der Waals surface area contributed by atoms with E-state index in [1.165, 1.54) is 122 Å². The van der Waals surface area contributed by atoms with Gasteiger partial charge in [-0.15, -0.1) is 0 Å². The fraction of sp³-hybridized carbons (Fsp3) is 0.734. The van der Waals surface area contributed by atoms with Crippen LogP contribution in [0.5, 0.6) is 0 Å². The lowest BCUT2D eigenvalue weighted by atomic mass is 10.0. The van der Waals surface area contributed by atoms with Crippen LogP contribution in [-0.2, 0) is 28.6 Å². The largest absolute Gasteiger partial charge is 0.462 e. The van der Waals surface area contributed by atoms with E-state index in [0.717, 1.165) is 122 Å². The van der Waals surface area contributed by atoms with Crippen molar-refractivity contribution in [3.8, 4) is 0 Å². The number of hydrogen-bond acceptors (Lipinski definition) is 6. The Morgan fingerprint density at radius 1 is 0.300 bits per heavy atom. The second kappa shape index (κ2) is 58.2. The molecule has 0 saturated heterocycles. The standard InChI is InChI=1S/C64H110O6/c1-4-7-10-13-16-19-22-25-28-29-30-31-32-33-34-35-37-39-42-45-48-51-54-57-63(66)69-60-61(59-68-62(65)56-53-50-47-44-41-38-27-24-21-18-15-12-9-6-3)70-64(67)58-55-52-49-46-43-40-36-26-23-20-17-14-11-8-5-2/h7,10,16,19,25-26,28,30-31,33-34,36-37,39,61H,4-6,8-9,11-15,17-18,20-24,27,29,32,35,38,40-60H2,1-3H3/b10-7-,19-16-,28-25-,31-30-,34-33-,36-26-,39-37-. The van der Waals surface area contributed by atoms with Gasteiger partial charge in [-0.25, -0.2) is 0 Å².